The Morgan fingerprint density at radius 1 is 1.11 bits per heavy atom. The number of nitrogens with one attached hydrogen (secondary N) is 1. The molecular weight excluding hydrogens is 477 g/mol. The Morgan fingerprint density at radius 3 is 2.49 bits per heavy atom. The first-order chi connectivity index (χ1) is 17.7. The molecule has 0 aromatic heterocycles. The van der Waals surface area contributed by atoms with Gasteiger partial charge in [-0.1, -0.05) is 30.3 Å². The Hall–Kier alpha value is -3.49. The predicted octanol–water partition coefficient (Wildman–Crippen LogP) is 4.64. The molecule has 3 unspecified atom stereocenters. The van der Waals surface area contributed by atoms with Gasteiger partial charge in [0, 0.05) is 36.8 Å². The third-order valence-electron chi connectivity index (χ3n) is 7.02. The highest BCUT2D eigenvalue weighted by molar-refractivity contribution is 5.71. The maximum Gasteiger partial charge on any atom is 0.410 e. The van der Waals surface area contributed by atoms with Gasteiger partial charge in [-0.2, -0.15) is 0 Å². The van der Waals surface area contributed by atoms with E-state index in [0.717, 1.165) is 24.1 Å². The first-order valence-corrected chi connectivity index (χ1v) is 12.8. The molecule has 198 valence electrons. The van der Waals surface area contributed by atoms with Crippen molar-refractivity contribution < 1.29 is 28.2 Å². The molecule has 3 heterocycles. The number of piperazine rings is 1. The summed E-state index contributed by atoms with van der Waals surface area (Å²) in [4.78, 5) is 29.0. The van der Waals surface area contributed by atoms with Crippen LogP contribution in [0.2, 0.25) is 0 Å². The van der Waals surface area contributed by atoms with E-state index in [4.69, 9.17) is 14.2 Å². The second-order valence-corrected chi connectivity index (χ2v) is 11.0. The summed E-state index contributed by atoms with van der Waals surface area (Å²) in [6.45, 7) is 7.23. The maximum atomic E-state index is 15.2. The van der Waals surface area contributed by atoms with Crippen molar-refractivity contribution in [2.24, 2.45) is 0 Å². The highest BCUT2D eigenvalue weighted by Gasteiger charge is 2.44. The Bertz CT molecular complexity index is 1140. The molecule has 37 heavy (non-hydrogen) atoms. The summed E-state index contributed by atoms with van der Waals surface area (Å²) in [5.41, 5.74) is 1.53. The first kappa shape index (κ1) is 25.2. The number of hydrogen-bond acceptors (Lipinski definition) is 6. The third kappa shape index (κ3) is 5.76. The van der Waals surface area contributed by atoms with E-state index in [1.807, 2.05) is 62.1 Å². The number of rotatable bonds is 4. The van der Waals surface area contributed by atoms with Gasteiger partial charge in [0.05, 0.1) is 18.1 Å². The number of ether oxygens (including phenoxy) is 3. The van der Waals surface area contributed by atoms with Crippen molar-refractivity contribution in [1.82, 2.24) is 10.2 Å². The van der Waals surface area contributed by atoms with Gasteiger partial charge in [0.15, 0.2) is 0 Å². The molecule has 2 fully saturated rings. The average molecular weight is 512 g/mol. The average Bonchev–Trinajstić information content (AvgIpc) is 3.12. The van der Waals surface area contributed by atoms with Gasteiger partial charge >= 0.3 is 12.2 Å². The Balaban J connectivity index is 1.20. The van der Waals surface area contributed by atoms with Crippen LogP contribution in [0.25, 0.3) is 0 Å². The second-order valence-electron chi connectivity index (χ2n) is 11.0. The van der Waals surface area contributed by atoms with E-state index in [1.165, 1.54) is 6.07 Å². The zero-order valence-corrected chi connectivity index (χ0v) is 21.5. The Morgan fingerprint density at radius 2 is 1.81 bits per heavy atom. The predicted molar refractivity (Wildman–Crippen MR) is 136 cm³/mol. The number of carbonyl (C=O) groups excluding carboxylic acids is 2. The number of nitrogens with zero attached hydrogens (tertiary/aromatic N) is 2. The van der Waals surface area contributed by atoms with Crippen molar-refractivity contribution >= 4 is 17.9 Å². The van der Waals surface area contributed by atoms with Crippen LogP contribution in [0.15, 0.2) is 42.5 Å². The lowest BCUT2D eigenvalue weighted by Crippen LogP contribution is -2.56. The minimum Gasteiger partial charge on any atom is -0.491 e. The lowest BCUT2D eigenvalue weighted by atomic mass is 10.0. The number of fused-ring (bicyclic) bond motifs is 3. The molecule has 2 aromatic carbocycles. The van der Waals surface area contributed by atoms with Crippen LogP contribution in [0.4, 0.5) is 19.7 Å². The molecular formula is C28H34FN3O5. The fourth-order valence-electron chi connectivity index (χ4n) is 5.35. The molecule has 0 saturated carbocycles. The normalized spacial score (nSPS) is 22.6. The minimum absolute atomic E-state index is 0.0316. The summed E-state index contributed by atoms with van der Waals surface area (Å²) in [5, 5.41) is 2.77. The molecule has 3 aliphatic heterocycles. The molecule has 2 amide bonds. The molecule has 3 aliphatic rings. The van der Waals surface area contributed by atoms with Crippen LogP contribution in [0.1, 0.15) is 44.7 Å². The minimum atomic E-state index is -0.559. The van der Waals surface area contributed by atoms with Crippen molar-refractivity contribution in [2.45, 2.75) is 70.4 Å². The van der Waals surface area contributed by atoms with Crippen molar-refractivity contribution in [3.8, 4) is 5.75 Å². The van der Waals surface area contributed by atoms with Gasteiger partial charge in [-0.25, -0.2) is 14.0 Å². The number of carbonyl (C=O) groups is 2. The molecule has 9 heteroatoms. The lowest BCUT2D eigenvalue weighted by molar-refractivity contribution is 0.0123. The second kappa shape index (κ2) is 10.1. The number of alkyl carbamates (subject to hydrolysis) is 1. The fraction of sp³-hybridized carbons (Fsp3) is 0.500. The standard InChI is InChI=1S/C28H34FN3O5/c1-28(2,3)37-27(34)32-20-9-10-21(32)15-31(14-20)22-12-24(29)23-11-19(17-35-25(23)13-22)30-26(33)36-16-18-7-5-4-6-8-18/h4-8,12-13,19-21H,9-11,14-17H2,1-3H3,(H,30,33). The zero-order chi connectivity index (χ0) is 26.2. The fourth-order valence-corrected chi connectivity index (χ4v) is 5.35. The molecule has 5 rings (SSSR count). The van der Waals surface area contributed by atoms with Gasteiger partial charge in [-0.3, -0.25) is 4.90 Å². The summed E-state index contributed by atoms with van der Waals surface area (Å²) >= 11 is 0. The number of halogens is 1. The Labute approximate surface area is 216 Å². The van der Waals surface area contributed by atoms with Gasteiger partial charge in [0.1, 0.15) is 30.4 Å². The van der Waals surface area contributed by atoms with E-state index in [-0.39, 0.29) is 43.2 Å². The van der Waals surface area contributed by atoms with Gasteiger partial charge < -0.3 is 24.4 Å². The van der Waals surface area contributed by atoms with E-state index in [2.05, 4.69) is 10.2 Å². The highest BCUT2D eigenvalue weighted by Crippen LogP contribution is 2.37. The maximum absolute atomic E-state index is 15.2. The summed E-state index contributed by atoms with van der Waals surface area (Å²) < 4.78 is 32.0. The summed E-state index contributed by atoms with van der Waals surface area (Å²) in [5.74, 6) is 0.131. The van der Waals surface area contributed by atoms with Crippen LogP contribution in [0, 0.1) is 5.82 Å². The molecule has 2 saturated heterocycles. The summed E-state index contributed by atoms with van der Waals surface area (Å²) in [7, 11) is 0. The zero-order valence-electron chi connectivity index (χ0n) is 21.5. The molecule has 1 N–H and O–H groups in total. The quantitative estimate of drug-likeness (QED) is 0.644. The molecule has 0 radical (unpaired) electrons. The van der Waals surface area contributed by atoms with Crippen LogP contribution in [-0.2, 0) is 22.5 Å². The van der Waals surface area contributed by atoms with Crippen LogP contribution < -0.4 is 15.0 Å². The van der Waals surface area contributed by atoms with Gasteiger partial charge in [-0.05, 0) is 45.2 Å². The van der Waals surface area contributed by atoms with Crippen LogP contribution in [0.3, 0.4) is 0 Å². The van der Waals surface area contributed by atoms with Gasteiger partial charge in [-0.15, -0.1) is 0 Å². The number of benzene rings is 2. The number of amides is 2. The third-order valence-corrected chi connectivity index (χ3v) is 7.02. The SMILES string of the molecule is CC(C)(C)OC(=O)N1C2CCC1CN(c1cc(F)c3c(c1)OCC(NC(=O)OCc1ccccc1)C3)C2. The van der Waals surface area contributed by atoms with E-state index in [0.29, 0.717) is 30.8 Å². The Kier molecular flexibility index (Phi) is 6.88. The monoisotopic (exact) mass is 511 g/mol. The van der Waals surface area contributed by atoms with Gasteiger partial charge in [0.2, 0.25) is 0 Å². The van der Waals surface area contributed by atoms with E-state index in [1.54, 1.807) is 0 Å². The largest absolute Gasteiger partial charge is 0.491 e. The van der Waals surface area contributed by atoms with E-state index in [9.17, 15) is 9.59 Å². The molecule has 2 bridgehead atoms. The number of anilines is 1. The number of hydrogen-bond donors (Lipinski definition) is 1. The molecule has 3 atom stereocenters. The smallest absolute Gasteiger partial charge is 0.410 e. The van der Waals surface area contributed by atoms with E-state index >= 15 is 4.39 Å². The van der Waals surface area contributed by atoms with Crippen molar-refractivity contribution in [1.29, 1.82) is 0 Å². The van der Waals surface area contributed by atoms with Crippen molar-refractivity contribution in [2.75, 3.05) is 24.6 Å². The summed E-state index contributed by atoms with van der Waals surface area (Å²) in [6, 6.07) is 12.5. The molecule has 2 aromatic rings. The highest BCUT2D eigenvalue weighted by atomic mass is 19.1. The van der Waals surface area contributed by atoms with Crippen molar-refractivity contribution in [3.05, 3.63) is 59.4 Å². The lowest BCUT2D eigenvalue weighted by Gasteiger charge is -2.42. The van der Waals surface area contributed by atoms with Crippen LogP contribution in [0.5, 0.6) is 5.75 Å². The van der Waals surface area contributed by atoms with E-state index < -0.39 is 11.7 Å². The molecule has 8 nitrogen and oxygen atoms in total. The first-order valence-electron chi connectivity index (χ1n) is 12.8. The molecule has 0 aliphatic carbocycles. The van der Waals surface area contributed by atoms with Crippen molar-refractivity contribution in [3.63, 3.8) is 0 Å². The van der Waals surface area contributed by atoms with Gasteiger partial charge in [0.25, 0.3) is 0 Å². The van der Waals surface area contributed by atoms with Crippen LogP contribution >= 0.6 is 0 Å². The molecule has 0 spiro atoms. The van der Waals surface area contributed by atoms with Crippen LogP contribution in [-0.4, -0.2) is 60.5 Å². The topological polar surface area (TPSA) is 80.3 Å². The summed E-state index contributed by atoms with van der Waals surface area (Å²) in [6.07, 6.45) is 1.28.